The first kappa shape index (κ1) is 16.3. The molecule has 0 N–H and O–H groups in total. The van der Waals surface area contributed by atoms with Crippen molar-refractivity contribution in [3.05, 3.63) is 52.5 Å². The van der Waals surface area contributed by atoms with Gasteiger partial charge < -0.3 is 14.4 Å². The highest BCUT2D eigenvalue weighted by Gasteiger charge is 2.19. The van der Waals surface area contributed by atoms with Gasteiger partial charge in [-0.25, -0.2) is 0 Å². The Kier molecular flexibility index (Phi) is 5.23. The van der Waals surface area contributed by atoms with Gasteiger partial charge in [0.05, 0.1) is 19.3 Å². The maximum Gasteiger partial charge on any atom is 0.121 e. The molecule has 0 aromatic heterocycles. The summed E-state index contributed by atoms with van der Waals surface area (Å²) >= 11 is 3.58. The van der Waals surface area contributed by atoms with Gasteiger partial charge in [-0.15, -0.1) is 0 Å². The molecule has 0 saturated carbocycles. The second kappa shape index (κ2) is 7.37. The molecule has 4 heteroatoms. The summed E-state index contributed by atoms with van der Waals surface area (Å²) in [4.78, 5) is 2.32. The van der Waals surface area contributed by atoms with E-state index in [2.05, 4.69) is 58.1 Å². The molecule has 0 fully saturated rings. The Bertz CT molecular complexity index is 674. The molecular weight excluding hydrogens is 354 g/mol. The lowest BCUT2D eigenvalue weighted by Gasteiger charge is -2.31. The first-order chi connectivity index (χ1) is 11.2. The van der Waals surface area contributed by atoms with Gasteiger partial charge in [-0.05, 0) is 49.7 Å². The van der Waals surface area contributed by atoms with Gasteiger partial charge in [-0.2, -0.15) is 0 Å². The van der Waals surface area contributed by atoms with Gasteiger partial charge in [0.2, 0.25) is 0 Å². The highest BCUT2D eigenvalue weighted by Crippen LogP contribution is 2.34. The fourth-order valence-electron chi connectivity index (χ4n) is 2.99. The van der Waals surface area contributed by atoms with Gasteiger partial charge in [-0.3, -0.25) is 0 Å². The van der Waals surface area contributed by atoms with Crippen LogP contribution in [-0.2, 0) is 11.2 Å². The number of hydrogen-bond donors (Lipinski definition) is 0. The number of anilines is 2. The monoisotopic (exact) mass is 375 g/mol. The Labute approximate surface area is 146 Å². The van der Waals surface area contributed by atoms with Gasteiger partial charge in [0.25, 0.3) is 0 Å². The topological polar surface area (TPSA) is 21.7 Å². The molecule has 23 heavy (non-hydrogen) atoms. The molecule has 0 radical (unpaired) electrons. The summed E-state index contributed by atoms with van der Waals surface area (Å²) in [6, 6.07) is 14.7. The number of ether oxygens (including phenoxy) is 2. The minimum absolute atomic E-state index is 0.236. The quantitative estimate of drug-likeness (QED) is 0.757. The fraction of sp³-hybridized carbons (Fsp3) is 0.368. The second-order valence-corrected chi connectivity index (χ2v) is 6.66. The van der Waals surface area contributed by atoms with Crippen LogP contribution in [-0.4, -0.2) is 25.9 Å². The molecule has 3 rings (SSSR count). The van der Waals surface area contributed by atoms with E-state index in [-0.39, 0.29) is 6.10 Å². The van der Waals surface area contributed by atoms with Crippen molar-refractivity contribution in [2.75, 3.05) is 24.7 Å². The van der Waals surface area contributed by atoms with E-state index in [0.717, 1.165) is 35.5 Å². The normalized spacial score (nSPS) is 18.0. The van der Waals surface area contributed by atoms with E-state index < -0.39 is 0 Å². The average Bonchev–Trinajstić information content (AvgIpc) is 2.51. The Balaban J connectivity index is 2.01. The number of benzene rings is 2. The van der Waals surface area contributed by atoms with Crippen LogP contribution < -0.4 is 9.64 Å². The van der Waals surface area contributed by atoms with Gasteiger partial charge in [-0.1, -0.05) is 22.0 Å². The third-order valence-electron chi connectivity index (χ3n) is 4.00. The highest BCUT2D eigenvalue weighted by atomic mass is 79.9. The largest absolute Gasteiger partial charge is 0.494 e. The lowest BCUT2D eigenvalue weighted by atomic mass is 10.0. The van der Waals surface area contributed by atoms with E-state index in [1.54, 1.807) is 0 Å². The van der Waals surface area contributed by atoms with Crippen LogP contribution in [0.4, 0.5) is 11.4 Å². The molecule has 2 aromatic carbocycles. The Hall–Kier alpha value is -1.52. The number of nitrogens with zero attached hydrogens (tertiary/aromatic N) is 1. The predicted octanol–water partition coefficient (Wildman–Crippen LogP) is 4.95. The smallest absolute Gasteiger partial charge is 0.121 e. The van der Waals surface area contributed by atoms with Crippen LogP contribution in [0.15, 0.2) is 46.9 Å². The van der Waals surface area contributed by atoms with E-state index in [9.17, 15) is 0 Å². The van der Waals surface area contributed by atoms with Gasteiger partial charge >= 0.3 is 0 Å². The standard InChI is InChI=1S/C19H22BrNO2/c1-3-22-18-6-4-5-17(13-18)21-9-10-23-14(2)11-15-12-16(20)7-8-19(15)21/h4-8,12-14H,3,9-11H2,1-2H3. The zero-order chi connectivity index (χ0) is 16.2. The maximum atomic E-state index is 5.92. The molecule has 1 aliphatic rings. The van der Waals surface area contributed by atoms with E-state index in [0.29, 0.717) is 6.61 Å². The van der Waals surface area contributed by atoms with E-state index >= 15 is 0 Å². The fourth-order valence-corrected chi connectivity index (χ4v) is 3.40. The number of rotatable bonds is 3. The Morgan fingerprint density at radius 2 is 2.13 bits per heavy atom. The Morgan fingerprint density at radius 3 is 2.96 bits per heavy atom. The molecular formula is C19H22BrNO2. The molecule has 1 aliphatic heterocycles. The third-order valence-corrected chi connectivity index (χ3v) is 4.49. The van der Waals surface area contributed by atoms with Crippen molar-refractivity contribution in [1.29, 1.82) is 0 Å². The average molecular weight is 376 g/mol. The number of hydrogen-bond acceptors (Lipinski definition) is 3. The SMILES string of the molecule is CCOc1cccc(N2CCOC(C)Cc3cc(Br)ccc32)c1. The molecule has 0 spiro atoms. The summed E-state index contributed by atoms with van der Waals surface area (Å²) in [7, 11) is 0. The molecule has 0 saturated heterocycles. The van der Waals surface area contributed by atoms with E-state index in [1.807, 2.05) is 19.1 Å². The van der Waals surface area contributed by atoms with Crippen molar-refractivity contribution < 1.29 is 9.47 Å². The van der Waals surface area contributed by atoms with Crippen molar-refractivity contribution in [1.82, 2.24) is 0 Å². The van der Waals surface area contributed by atoms with Crippen LogP contribution in [0.2, 0.25) is 0 Å². The van der Waals surface area contributed by atoms with Crippen LogP contribution in [0.1, 0.15) is 19.4 Å². The summed E-state index contributed by atoms with van der Waals surface area (Å²) in [5.41, 5.74) is 3.68. The minimum Gasteiger partial charge on any atom is -0.494 e. The molecule has 2 aromatic rings. The number of fused-ring (bicyclic) bond motifs is 1. The van der Waals surface area contributed by atoms with Crippen LogP contribution in [0.5, 0.6) is 5.75 Å². The first-order valence-electron chi connectivity index (χ1n) is 8.08. The van der Waals surface area contributed by atoms with E-state index in [1.165, 1.54) is 11.3 Å². The molecule has 1 heterocycles. The lowest BCUT2D eigenvalue weighted by molar-refractivity contribution is 0.0703. The summed E-state index contributed by atoms with van der Waals surface area (Å²) in [5.74, 6) is 0.903. The molecule has 0 amide bonds. The minimum atomic E-state index is 0.236. The van der Waals surface area contributed by atoms with E-state index in [4.69, 9.17) is 9.47 Å². The molecule has 0 bridgehead atoms. The summed E-state index contributed by atoms with van der Waals surface area (Å²) in [6.07, 6.45) is 1.15. The maximum absolute atomic E-state index is 5.92. The highest BCUT2D eigenvalue weighted by molar-refractivity contribution is 9.10. The summed E-state index contributed by atoms with van der Waals surface area (Å²) < 4.78 is 12.7. The van der Waals surface area contributed by atoms with Crippen molar-refractivity contribution in [2.45, 2.75) is 26.4 Å². The molecule has 122 valence electrons. The molecule has 1 unspecified atom stereocenters. The summed E-state index contributed by atoms with van der Waals surface area (Å²) in [6.45, 7) is 6.36. The first-order valence-corrected chi connectivity index (χ1v) is 8.87. The zero-order valence-electron chi connectivity index (χ0n) is 13.6. The predicted molar refractivity (Wildman–Crippen MR) is 97.9 cm³/mol. The third kappa shape index (κ3) is 3.88. The summed E-state index contributed by atoms with van der Waals surface area (Å²) in [5, 5.41) is 0. The molecule has 3 nitrogen and oxygen atoms in total. The van der Waals surface area contributed by atoms with Gasteiger partial charge in [0.1, 0.15) is 5.75 Å². The van der Waals surface area contributed by atoms with Crippen molar-refractivity contribution in [2.24, 2.45) is 0 Å². The number of halogens is 1. The Morgan fingerprint density at radius 1 is 1.26 bits per heavy atom. The molecule has 1 atom stereocenters. The van der Waals surface area contributed by atoms with Crippen molar-refractivity contribution >= 4 is 27.3 Å². The van der Waals surface area contributed by atoms with Gasteiger partial charge in [0, 0.05) is 34.9 Å². The van der Waals surface area contributed by atoms with Crippen LogP contribution in [0, 0.1) is 0 Å². The van der Waals surface area contributed by atoms with Gasteiger partial charge in [0.15, 0.2) is 0 Å². The van der Waals surface area contributed by atoms with Crippen molar-refractivity contribution in [3.63, 3.8) is 0 Å². The van der Waals surface area contributed by atoms with Crippen LogP contribution in [0.3, 0.4) is 0 Å². The zero-order valence-corrected chi connectivity index (χ0v) is 15.2. The van der Waals surface area contributed by atoms with Crippen LogP contribution in [0.25, 0.3) is 0 Å². The van der Waals surface area contributed by atoms with Crippen molar-refractivity contribution in [3.8, 4) is 5.75 Å². The van der Waals surface area contributed by atoms with Crippen LogP contribution >= 0.6 is 15.9 Å². The molecule has 0 aliphatic carbocycles. The lowest BCUT2D eigenvalue weighted by Crippen LogP contribution is -2.29. The second-order valence-electron chi connectivity index (χ2n) is 5.74.